The van der Waals surface area contributed by atoms with Crippen LogP contribution in [-0.4, -0.2) is 31.0 Å². The molecule has 130 valence electrons. The zero-order chi connectivity index (χ0) is 17.8. The summed E-state index contributed by atoms with van der Waals surface area (Å²) in [7, 11) is 0. The van der Waals surface area contributed by atoms with Gasteiger partial charge in [0.05, 0.1) is 0 Å². The summed E-state index contributed by atoms with van der Waals surface area (Å²) in [4.78, 5) is 26.8. The Labute approximate surface area is 147 Å². The maximum atomic E-state index is 12.8. The van der Waals surface area contributed by atoms with Crippen molar-refractivity contribution < 1.29 is 14.3 Å². The topological polar surface area (TPSA) is 58.6 Å². The number of anilines is 1. The molecule has 1 aliphatic rings. The maximum Gasteiger partial charge on any atom is 0.265 e. The fraction of sp³-hybridized carbons (Fsp3) is 0.300. The third-order valence-electron chi connectivity index (χ3n) is 4.34. The lowest BCUT2D eigenvalue weighted by Crippen LogP contribution is -2.49. The van der Waals surface area contributed by atoms with Gasteiger partial charge in [-0.25, -0.2) is 0 Å². The first kappa shape index (κ1) is 17.0. The first-order chi connectivity index (χ1) is 12.1. The van der Waals surface area contributed by atoms with Crippen LogP contribution in [0.25, 0.3) is 0 Å². The lowest BCUT2D eigenvalue weighted by atomic mass is 10.1. The molecule has 5 heteroatoms. The number of ether oxygens (including phenoxy) is 1. The van der Waals surface area contributed by atoms with Crippen molar-refractivity contribution in [1.29, 1.82) is 0 Å². The number of hydrogen-bond acceptors (Lipinski definition) is 3. The van der Waals surface area contributed by atoms with Gasteiger partial charge in [0.25, 0.3) is 5.91 Å². The molecule has 0 saturated carbocycles. The quantitative estimate of drug-likeness (QED) is 0.911. The molecule has 0 aromatic heterocycles. The molecule has 5 nitrogen and oxygen atoms in total. The Kier molecular flexibility index (Phi) is 5.03. The summed E-state index contributed by atoms with van der Waals surface area (Å²) in [6.45, 7) is 4.23. The molecule has 1 unspecified atom stereocenters. The van der Waals surface area contributed by atoms with Crippen LogP contribution in [0.5, 0.6) is 5.75 Å². The number of carbonyl (C=O) groups is 2. The SMILES string of the molecule is CCNC(=O)C1Cc2ccccc2N1C(=O)COc1ccccc1C. The largest absolute Gasteiger partial charge is 0.483 e. The molecule has 2 amide bonds. The van der Waals surface area contributed by atoms with E-state index in [1.165, 1.54) is 0 Å². The van der Waals surface area contributed by atoms with Crippen molar-refractivity contribution >= 4 is 17.5 Å². The number of rotatable bonds is 5. The Morgan fingerprint density at radius 2 is 1.88 bits per heavy atom. The average molecular weight is 338 g/mol. The Balaban J connectivity index is 1.80. The van der Waals surface area contributed by atoms with Crippen LogP contribution in [0, 0.1) is 6.92 Å². The minimum atomic E-state index is -0.523. The number of fused-ring (bicyclic) bond motifs is 1. The van der Waals surface area contributed by atoms with Crippen molar-refractivity contribution in [2.75, 3.05) is 18.1 Å². The van der Waals surface area contributed by atoms with E-state index in [4.69, 9.17) is 4.74 Å². The first-order valence-electron chi connectivity index (χ1n) is 8.48. The second-order valence-corrected chi connectivity index (χ2v) is 6.06. The zero-order valence-electron chi connectivity index (χ0n) is 14.5. The molecule has 1 atom stereocenters. The zero-order valence-corrected chi connectivity index (χ0v) is 14.5. The molecule has 0 spiro atoms. The predicted molar refractivity (Wildman–Crippen MR) is 96.8 cm³/mol. The highest BCUT2D eigenvalue weighted by Crippen LogP contribution is 2.32. The summed E-state index contributed by atoms with van der Waals surface area (Å²) >= 11 is 0. The highest BCUT2D eigenvalue weighted by atomic mass is 16.5. The van der Waals surface area contributed by atoms with E-state index in [9.17, 15) is 9.59 Å². The van der Waals surface area contributed by atoms with Gasteiger partial charge in [-0.15, -0.1) is 0 Å². The van der Waals surface area contributed by atoms with Crippen molar-refractivity contribution in [1.82, 2.24) is 5.32 Å². The molecule has 0 aliphatic carbocycles. The van der Waals surface area contributed by atoms with Gasteiger partial charge >= 0.3 is 0 Å². The van der Waals surface area contributed by atoms with Gasteiger partial charge in [0, 0.05) is 18.7 Å². The van der Waals surface area contributed by atoms with Crippen LogP contribution in [-0.2, 0) is 16.0 Å². The molecule has 1 aliphatic heterocycles. The Morgan fingerprint density at radius 3 is 2.64 bits per heavy atom. The van der Waals surface area contributed by atoms with Crippen LogP contribution in [0.15, 0.2) is 48.5 Å². The fourth-order valence-corrected chi connectivity index (χ4v) is 3.12. The van der Waals surface area contributed by atoms with Crippen molar-refractivity contribution in [2.24, 2.45) is 0 Å². The van der Waals surface area contributed by atoms with Gasteiger partial charge in [0.15, 0.2) is 6.61 Å². The van der Waals surface area contributed by atoms with Gasteiger partial charge in [-0.1, -0.05) is 36.4 Å². The monoisotopic (exact) mass is 338 g/mol. The van der Waals surface area contributed by atoms with Gasteiger partial charge < -0.3 is 10.1 Å². The number of benzene rings is 2. The molecule has 0 radical (unpaired) electrons. The highest BCUT2D eigenvalue weighted by molar-refractivity contribution is 6.04. The number of nitrogens with one attached hydrogen (secondary N) is 1. The Hall–Kier alpha value is -2.82. The molecule has 2 aromatic carbocycles. The van der Waals surface area contributed by atoms with E-state index < -0.39 is 6.04 Å². The number of nitrogens with zero attached hydrogens (tertiary/aromatic N) is 1. The van der Waals surface area contributed by atoms with Crippen molar-refractivity contribution in [3.8, 4) is 5.75 Å². The van der Waals surface area contributed by atoms with Crippen LogP contribution in [0.4, 0.5) is 5.69 Å². The third kappa shape index (κ3) is 3.50. The Bertz CT molecular complexity index is 788. The minimum absolute atomic E-state index is 0.102. The number of aryl methyl sites for hydroxylation is 1. The van der Waals surface area contributed by atoms with E-state index in [1.807, 2.05) is 62.4 Å². The highest BCUT2D eigenvalue weighted by Gasteiger charge is 2.38. The van der Waals surface area contributed by atoms with Crippen molar-refractivity contribution in [3.63, 3.8) is 0 Å². The van der Waals surface area contributed by atoms with Gasteiger partial charge in [-0.2, -0.15) is 0 Å². The molecule has 0 bridgehead atoms. The molecule has 3 rings (SSSR count). The number of para-hydroxylation sites is 2. The molecular formula is C20H22N2O3. The summed E-state index contributed by atoms with van der Waals surface area (Å²) in [5, 5.41) is 2.82. The normalized spacial score (nSPS) is 15.6. The van der Waals surface area contributed by atoms with Gasteiger partial charge in [-0.3, -0.25) is 14.5 Å². The summed E-state index contributed by atoms with van der Waals surface area (Å²) in [5.41, 5.74) is 2.76. The van der Waals surface area contributed by atoms with Crippen molar-refractivity contribution in [3.05, 3.63) is 59.7 Å². The molecule has 1 heterocycles. The molecule has 1 N–H and O–H groups in total. The van der Waals surface area contributed by atoms with Gasteiger partial charge in [0.2, 0.25) is 5.91 Å². The standard InChI is InChI=1S/C20H22N2O3/c1-3-21-20(24)17-12-15-9-5-6-10-16(15)22(17)19(23)13-25-18-11-7-4-8-14(18)2/h4-11,17H,3,12-13H2,1-2H3,(H,21,24). The van der Waals surface area contributed by atoms with E-state index in [-0.39, 0.29) is 18.4 Å². The van der Waals surface area contributed by atoms with Gasteiger partial charge in [-0.05, 0) is 37.1 Å². The number of amides is 2. The summed E-state index contributed by atoms with van der Waals surface area (Å²) < 4.78 is 5.69. The summed E-state index contributed by atoms with van der Waals surface area (Å²) in [5.74, 6) is 0.324. The van der Waals surface area contributed by atoms with Crippen LogP contribution in [0.1, 0.15) is 18.1 Å². The van der Waals surface area contributed by atoms with E-state index >= 15 is 0 Å². The second-order valence-electron chi connectivity index (χ2n) is 6.06. The third-order valence-corrected chi connectivity index (χ3v) is 4.34. The number of hydrogen-bond donors (Lipinski definition) is 1. The van der Waals surface area contributed by atoms with E-state index in [0.29, 0.717) is 18.7 Å². The van der Waals surface area contributed by atoms with Crippen LogP contribution in [0.2, 0.25) is 0 Å². The lowest BCUT2D eigenvalue weighted by Gasteiger charge is -2.25. The van der Waals surface area contributed by atoms with Crippen LogP contribution >= 0.6 is 0 Å². The molecule has 2 aromatic rings. The van der Waals surface area contributed by atoms with Crippen LogP contribution in [0.3, 0.4) is 0 Å². The summed E-state index contributed by atoms with van der Waals surface area (Å²) in [6.07, 6.45) is 0.526. The van der Waals surface area contributed by atoms with E-state index in [0.717, 1.165) is 16.8 Å². The predicted octanol–water partition coefficient (Wildman–Crippen LogP) is 2.47. The average Bonchev–Trinajstić information content (AvgIpc) is 3.01. The smallest absolute Gasteiger partial charge is 0.265 e. The van der Waals surface area contributed by atoms with E-state index in [1.54, 1.807) is 4.90 Å². The molecule has 0 saturated heterocycles. The number of likely N-dealkylation sites (N-methyl/N-ethyl adjacent to an activating group) is 1. The lowest BCUT2D eigenvalue weighted by molar-refractivity contribution is -0.126. The van der Waals surface area contributed by atoms with Crippen LogP contribution < -0.4 is 15.0 Å². The Morgan fingerprint density at radius 1 is 1.16 bits per heavy atom. The van der Waals surface area contributed by atoms with Crippen molar-refractivity contribution in [2.45, 2.75) is 26.3 Å². The molecule has 0 fully saturated rings. The fourth-order valence-electron chi connectivity index (χ4n) is 3.12. The first-order valence-corrected chi connectivity index (χ1v) is 8.48. The minimum Gasteiger partial charge on any atom is -0.483 e. The number of carbonyl (C=O) groups excluding carboxylic acids is 2. The maximum absolute atomic E-state index is 12.8. The molecular weight excluding hydrogens is 316 g/mol. The summed E-state index contributed by atoms with van der Waals surface area (Å²) in [6, 6.07) is 14.7. The van der Waals surface area contributed by atoms with E-state index in [2.05, 4.69) is 5.32 Å². The second kappa shape index (κ2) is 7.38. The van der Waals surface area contributed by atoms with Gasteiger partial charge in [0.1, 0.15) is 11.8 Å². The molecule has 25 heavy (non-hydrogen) atoms.